The second-order valence-corrected chi connectivity index (χ2v) is 15.5. The normalized spacial score (nSPS) is 11.6. The lowest BCUT2D eigenvalue weighted by Gasteiger charge is -2.22. The molecule has 0 amide bonds. The first kappa shape index (κ1) is 50.8. The van der Waals surface area contributed by atoms with E-state index in [1.807, 2.05) is 0 Å². The molecular weight excluding hydrogens is 649 g/mol. The summed E-state index contributed by atoms with van der Waals surface area (Å²) in [5.74, 6) is -0.0905. The molecule has 0 rings (SSSR count). The fourth-order valence-electron chi connectivity index (χ4n) is 6.97. The highest BCUT2D eigenvalue weighted by atomic mass is 16.5. The van der Waals surface area contributed by atoms with Crippen molar-refractivity contribution in [3.8, 4) is 0 Å². The van der Waals surface area contributed by atoms with Crippen molar-refractivity contribution in [3.05, 3.63) is 0 Å². The first-order valence-corrected chi connectivity index (χ1v) is 22.9. The largest absolute Gasteiger partial charge is 0.466 e. The molecule has 0 unspecified atom stereocenters. The third-order valence-corrected chi connectivity index (χ3v) is 10.5. The quantitative estimate of drug-likeness (QED) is 0.0493. The van der Waals surface area contributed by atoms with E-state index >= 15 is 0 Å². The van der Waals surface area contributed by atoms with Crippen molar-refractivity contribution >= 4 is 11.9 Å². The number of carbonyl (C=O) groups is 2. The van der Waals surface area contributed by atoms with Crippen LogP contribution in [-0.2, 0) is 19.1 Å². The number of unbranched alkanes of at least 4 members (excludes halogenated alkanes) is 24. The minimum absolute atomic E-state index is 0.0403. The van der Waals surface area contributed by atoms with Gasteiger partial charge in [-0.25, -0.2) is 0 Å². The smallest absolute Gasteiger partial charge is 0.307 e. The molecule has 0 aromatic rings. The maximum atomic E-state index is 12.5. The third kappa shape index (κ3) is 38.5. The van der Waals surface area contributed by atoms with Gasteiger partial charge in [0, 0.05) is 19.5 Å². The average Bonchev–Trinajstić information content (AvgIpc) is 3.14. The molecule has 0 bridgehead atoms. The Morgan fingerprint density at radius 2 is 0.673 bits per heavy atom. The molecule has 0 aliphatic heterocycles. The third-order valence-electron chi connectivity index (χ3n) is 10.5. The highest BCUT2D eigenvalue weighted by molar-refractivity contribution is 5.69. The summed E-state index contributed by atoms with van der Waals surface area (Å²) in [4.78, 5) is 29.4. The van der Waals surface area contributed by atoms with Crippen LogP contribution in [0.1, 0.15) is 220 Å². The predicted molar refractivity (Wildman–Crippen MR) is 222 cm³/mol. The molecule has 0 heterocycles. The van der Waals surface area contributed by atoms with Gasteiger partial charge < -0.3 is 24.4 Å². The lowest BCUT2D eigenvalue weighted by Crippen LogP contribution is -2.29. The van der Waals surface area contributed by atoms with Crippen LogP contribution in [0.3, 0.4) is 0 Å². The second-order valence-electron chi connectivity index (χ2n) is 15.5. The van der Waals surface area contributed by atoms with Gasteiger partial charge in [-0.1, -0.05) is 162 Å². The van der Waals surface area contributed by atoms with E-state index in [0.717, 1.165) is 96.9 Å². The van der Waals surface area contributed by atoms with Gasteiger partial charge in [-0.15, -0.1) is 0 Å². The summed E-state index contributed by atoms with van der Waals surface area (Å²) >= 11 is 0. The zero-order valence-electron chi connectivity index (χ0n) is 35.3. The molecule has 7 nitrogen and oxygen atoms in total. The van der Waals surface area contributed by atoms with E-state index in [9.17, 15) is 14.7 Å². The Morgan fingerprint density at radius 1 is 0.365 bits per heavy atom. The van der Waals surface area contributed by atoms with Crippen molar-refractivity contribution in [2.24, 2.45) is 0 Å². The molecule has 310 valence electrons. The lowest BCUT2D eigenvalue weighted by molar-refractivity contribution is -0.145. The van der Waals surface area contributed by atoms with Crippen LogP contribution in [0.5, 0.6) is 0 Å². The van der Waals surface area contributed by atoms with E-state index < -0.39 is 0 Å². The van der Waals surface area contributed by atoms with E-state index in [1.165, 1.54) is 122 Å². The SMILES string of the molecule is CCCCCCCCCCCOC(=O)CCCCCN(CCO)CCCCCCCOC(=O)CCN(CCCCCCCC)CCCCCCCC. The monoisotopic (exact) mass is 739 g/mol. The number of aliphatic hydroxyl groups excluding tert-OH is 1. The molecular formula is C45H90N2O5. The molecule has 0 spiro atoms. The zero-order valence-corrected chi connectivity index (χ0v) is 35.3. The molecule has 0 atom stereocenters. The summed E-state index contributed by atoms with van der Waals surface area (Å²) in [6.45, 7) is 13.8. The highest BCUT2D eigenvalue weighted by Gasteiger charge is 2.10. The first-order valence-electron chi connectivity index (χ1n) is 22.9. The van der Waals surface area contributed by atoms with Gasteiger partial charge in [-0.3, -0.25) is 9.59 Å². The highest BCUT2D eigenvalue weighted by Crippen LogP contribution is 2.12. The van der Waals surface area contributed by atoms with Crippen LogP contribution in [0.15, 0.2) is 0 Å². The van der Waals surface area contributed by atoms with Crippen LogP contribution < -0.4 is 0 Å². The summed E-state index contributed by atoms with van der Waals surface area (Å²) in [6.07, 6.45) is 36.6. The van der Waals surface area contributed by atoms with Crippen LogP contribution in [-0.4, -0.2) is 85.9 Å². The molecule has 7 heteroatoms. The molecule has 0 aliphatic carbocycles. The fourth-order valence-corrected chi connectivity index (χ4v) is 6.97. The van der Waals surface area contributed by atoms with Crippen molar-refractivity contribution in [1.82, 2.24) is 9.80 Å². The Hall–Kier alpha value is -1.18. The van der Waals surface area contributed by atoms with E-state index in [-0.39, 0.29) is 18.5 Å². The molecule has 0 fully saturated rings. The second kappa shape index (κ2) is 42.6. The Morgan fingerprint density at radius 3 is 1.06 bits per heavy atom. The van der Waals surface area contributed by atoms with Gasteiger partial charge in [0.2, 0.25) is 0 Å². The Labute approximate surface area is 324 Å². The minimum atomic E-state index is -0.0502. The Kier molecular flexibility index (Phi) is 41.6. The number of carbonyl (C=O) groups excluding carboxylic acids is 2. The molecule has 0 aliphatic rings. The summed E-state index contributed by atoms with van der Waals surface area (Å²) in [5, 5.41) is 9.52. The van der Waals surface area contributed by atoms with Gasteiger partial charge in [0.15, 0.2) is 0 Å². The van der Waals surface area contributed by atoms with Crippen LogP contribution in [0, 0.1) is 0 Å². The van der Waals surface area contributed by atoms with Crippen molar-refractivity contribution in [2.45, 2.75) is 220 Å². The summed E-state index contributed by atoms with van der Waals surface area (Å²) < 4.78 is 11.0. The average molecular weight is 739 g/mol. The molecule has 0 saturated heterocycles. The van der Waals surface area contributed by atoms with Crippen molar-refractivity contribution in [2.75, 3.05) is 59.1 Å². The van der Waals surface area contributed by atoms with Gasteiger partial charge in [0.1, 0.15) is 0 Å². The zero-order chi connectivity index (χ0) is 38.0. The number of hydrogen-bond acceptors (Lipinski definition) is 7. The Balaban J connectivity index is 3.90. The summed E-state index contributed by atoms with van der Waals surface area (Å²) in [7, 11) is 0. The summed E-state index contributed by atoms with van der Waals surface area (Å²) in [5.41, 5.74) is 0. The van der Waals surface area contributed by atoms with Crippen LogP contribution >= 0.6 is 0 Å². The van der Waals surface area contributed by atoms with Crippen molar-refractivity contribution in [1.29, 1.82) is 0 Å². The van der Waals surface area contributed by atoms with Crippen LogP contribution in [0.2, 0.25) is 0 Å². The van der Waals surface area contributed by atoms with E-state index in [0.29, 0.717) is 32.6 Å². The van der Waals surface area contributed by atoms with Gasteiger partial charge >= 0.3 is 11.9 Å². The first-order chi connectivity index (χ1) is 25.6. The van der Waals surface area contributed by atoms with E-state index in [2.05, 4.69) is 30.6 Å². The molecule has 1 N–H and O–H groups in total. The number of aliphatic hydroxyl groups is 1. The fraction of sp³-hybridized carbons (Fsp3) is 0.956. The number of ether oxygens (including phenoxy) is 2. The van der Waals surface area contributed by atoms with E-state index in [1.54, 1.807) is 0 Å². The summed E-state index contributed by atoms with van der Waals surface area (Å²) in [6, 6.07) is 0. The molecule has 0 radical (unpaired) electrons. The molecule has 52 heavy (non-hydrogen) atoms. The van der Waals surface area contributed by atoms with Crippen LogP contribution in [0.4, 0.5) is 0 Å². The molecule has 0 aromatic heterocycles. The maximum absolute atomic E-state index is 12.5. The van der Waals surface area contributed by atoms with Gasteiger partial charge in [-0.2, -0.15) is 0 Å². The van der Waals surface area contributed by atoms with Gasteiger partial charge in [0.05, 0.1) is 26.2 Å². The Bertz CT molecular complexity index is 721. The van der Waals surface area contributed by atoms with Crippen molar-refractivity contribution < 1.29 is 24.2 Å². The minimum Gasteiger partial charge on any atom is -0.466 e. The van der Waals surface area contributed by atoms with Gasteiger partial charge in [0.25, 0.3) is 0 Å². The van der Waals surface area contributed by atoms with Gasteiger partial charge in [-0.05, 0) is 71.1 Å². The number of hydrogen-bond donors (Lipinski definition) is 1. The number of esters is 2. The predicted octanol–water partition coefficient (Wildman–Crippen LogP) is 11.8. The molecule has 0 saturated carbocycles. The maximum Gasteiger partial charge on any atom is 0.307 e. The topological polar surface area (TPSA) is 79.3 Å². The van der Waals surface area contributed by atoms with E-state index in [4.69, 9.17) is 9.47 Å². The van der Waals surface area contributed by atoms with Crippen molar-refractivity contribution in [3.63, 3.8) is 0 Å². The number of rotatable bonds is 43. The lowest BCUT2D eigenvalue weighted by atomic mass is 10.1. The van der Waals surface area contributed by atoms with Crippen LogP contribution in [0.25, 0.3) is 0 Å². The number of nitrogens with zero attached hydrogens (tertiary/aromatic N) is 2. The molecule has 0 aromatic carbocycles. The standard InChI is InChI=1S/C45H90N2O5/c1-4-7-10-13-16-17-18-23-31-42-51-44(49)33-26-25-30-38-47(40-41-48)37-29-22-19-24-32-43-52-45(50)34-39-46(35-27-20-14-11-8-5-2)36-28-21-15-12-9-6-3/h48H,4-43H2,1-3H3.